The van der Waals surface area contributed by atoms with Crippen molar-refractivity contribution in [1.82, 2.24) is 5.32 Å². The Balaban J connectivity index is 1.97. The molecule has 0 bridgehead atoms. The Hall–Kier alpha value is -0.250. The van der Waals surface area contributed by atoms with Crippen LogP contribution in [0, 0.1) is 0 Å². The molecule has 1 aliphatic rings. The van der Waals surface area contributed by atoms with Crippen molar-refractivity contribution in [3.05, 3.63) is 40.4 Å². The molecule has 1 aromatic rings. The van der Waals surface area contributed by atoms with E-state index in [9.17, 15) is 0 Å². The maximum Gasteiger partial charge on any atom is 0.0374 e. The number of nitrogens with one attached hydrogen (secondary N) is 1. The summed E-state index contributed by atoms with van der Waals surface area (Å²) in [4.78, 5) is 1.35. The predicted molar refractivity (Wildman–Crippen MR) is 98.1 cm³/mol. The van der Waals surface area contributed by atoms with E-state index in [0.29, 0.717) is 6.04 Å². The molecule has 2 rings (SSSR count). The summed E-state index contributed by atoms with van der Waals surface area (Å²) in [6.07, 6.45) is 10.6. The molecule has 1 nitrogen and oxygen atoms in total. The standard InChI is InChI=1S/C18H26BrNS/c1-2-20-18(15-9-6-4-3-5-7-10-15)14-21-17-12-8-11-16(19)13-17/h8-9,11-13,18,20H,2-7,10,14H2,1H3/b15-9+. The van der Waals surface area contributed by atoms with Gasteiger partial charge in [0.05, 0.1) is 0 Å². The summed E-state index contributed by atoms with van der Waals surface area (Å²) in [7, 11) is 0. The molecule has 1 atom stereocenters. The fourth-order valence-corrected chi connectivity index (χ4v) is 4.44. The molecule has 0 saturated heterocycles. The summed E-state index contributed by atoms with van der Waals surface area (Å²) in [5, 5.41) is 3.68. The zero-order chi connectivity index (χ0) is 14.9. The molecule has 0 heterocycles. The molecule has 116 valence electrons. The van der Waals surface area contributed by atoms with E-state index < -0.39 is 0 Å². The maximum atomic E-state index is 3.68. The average molecular weight is 368 g/mol. The van der Waals surface area contributed by atoms with Gasteiger partial charge in [0.25, 0.3) is 0 Å². The fraction of sp³-hybridized carbons (Fsp3) is 0.556. The molecule has 3 heteroatoms. The lowest BCUT2D eigenvalue weighted by Gasteiger charge is -2.23. The molecular weight excluding hydrogens is 342 g/mol. The molecule has 1 aliphatic carbocycles. The first-order chi connectivity index (χ1) is 10.3. The normalized spacial score (nSPS) is 20.2. The van der Waals surface area contributed by atoms with E-state index in [1.807, 2.05) is 11.8 Å². The summed E-state index contributed by atoms with van der Waals surface area (Å²) in [6, 6.07) is 9.13. The summed E-state index contributed by atoms with van der Waals surface area (Å²) in [6.45, 7) is 3.25. The zero-order valence-electron chi connectivity index (χ0n) is 12.9. The molecule has 0 radical (unpaired) electrons. The topological polar surface area (TPSA) is 12.0 Å². The highest BCUT2D eigenvalue weighted by Gasteiger charge is 2.14. The molecular formula is C18H26BrNS. The van der Waals surface area contributed by atoms with E-state index in [-0.39, 0.29) is 0 Å². The molecule has 0 spiro atoms. The van der Waals surface area contributed by atoms with Gasteiger partial charge in [-0.1, -0.05) is 53.4 Å². The van der Waals surface area contributed by atoms with E-state index >= 15 is 0 Å². The minimum atomic E-state index is 0.525. The van der Waals surface area contributed by atoms with Gasteiger partial charge in [0.15, 0.2) is 0 Å². The van der Waals surface area contributed by atoms with Gasteiger partial charge in [-0.3, -0.25) is 0 Å². The van der Waals surface area contributed by atoms with Crippen molar-refractivity contribution in [2.45, 2.75) is 56.4 Å². The van der Waals surface area contributed by atoms with Crippen molar-refractivity contribution in [1.29, 1.82) is 0 Å². The molecule has 1 unspecified atom stereocenters. The second kappa shape index (κ2) is 9.70. The largest absolute Gasteiger partial charge is 0.310 e. The second-order valence-corrected chi connectivity index (χ2v) is 7.62. The first kappa shape index (κ1) is 17.1. The van der Waals surface area contributed by atoms with Gasteiger partial charge >= 0.3 is 0 Å². The van der Waals surface area contributed by atoms with Crippen LogP contribution in [0.1, 0.15) is 45.4 Å². The molecule has 0 amide bonds. The maximum absolute atomic E-state index is 3.68. The third-order valence-corrected chi connectivity index (χ3v) is 5.52. The molecule has 0 saturated carbocycles. The number of thioether (sulfide) groups is 1. The van der Waals surface area contributed by atoms with Crippen molar-refractivity contribution < 1.29 is 0 Å². The number of allylic oxidation sites excluding steroid dienone is 1. The molecule has 0 fully saturated rings. The highest BCUT2D eigenvalue weighted by atomic mass is 79.9. The van der Waals surface area contributed by atoms with E-state index in [1.54, 1.807) is 5.57 Å². The van der Waals surface area contributed by atoms with Crippen molar-refractivity contribution in [2.75, 3.05) is 12.3 Å². The zero-order valence-corrected chi connectivity index (χ0v) is 15.3. The monoisotopic (exact) mass is 367 g/mol. The lowest BCUT2D eigenvalue weighted by atomic mass is 9.95. The molecule has 1 N–H and O–H groups in total. The first-order valence-corrected chi connectivity index (χ1v) is 9.88. The van der Waals surface area contributed by atoms with Gasteiger partial charge < -0.3 is 5.32 Å². The lowest BCUT2D eigenvalue weighted by Crippen LogP contribution is -2.33. The van der Waals surface area contributed by atoms with Gasteiger partial charge in [-0.25, -0.2) is 0 Å². The van der Waals surface area contributed by atoms with Gasteiger partial charge in [0.2, 0.25) is 0 Å². The third kappa shape index (κ3) is 6.17. The van der Waals surface area contributed by atoms with Crippen LogP contribution in [0.25, 0.3) is 0 Å². The van der Waals surface area contributed by atoms with Crippen LogP contribution >= 0.6 is 27.7 Å². The Labute approximate surface area is 142 Å². The Morgan fingerprint density at radius 3 is 2.90 bits per heavy atom. The number of hydrogen-bond acceptors (Lipinski definition) is 2. The molecule has 1 aromatic carbocycles. The summed E-state index contributed by atoms with van der Waals surface area (Å²) >= 11 is 5.51. The van der Waals surface area contributed by atoms with Crippen LogP contribution in [0.4, 0.5) is 0 Å². The summed E-state index contributed by atoms with van der Waals surface area (Å²) < 4.78 is 1.16. The number of rotatable bonds is 6. The van der Waals surface area contributed by atoms with Gasteiger partial charge in [-0.15, -0.1) is 11.8 Å². The second-order valence-electron chi connectivity index (χ2n) is 5.61. The van der Waals surface area contributed by atoms with E-state index in [4.69, 9.17) is 0 Å². The number of halogens is 1. The van der Waals surface area contributed by atoms with Crippen LogP contribution in [0.15, 0.2) is 45.3 Å². The van der Waals surface area contributed by atoms with Crippen LogP contribution in [-0.4, -0.2) is 18.3 Å². The Bertz CT molecular complexity index is 458. The van der Waals surface area contributed by atoms with Crippen molar-refractivity contribution in [2.24, 2.45) is 0 Å². The van der Waals surface area contributed by atoms with Crippen LogP contribution in [0.3, 0.4) is 0 Å². The van der Waals surface area contributed by atoms with Gasteiger partial charge in [-0.05, 0) is 50.4 Å². The quantitative estimate of drug-likeness (QED) is 0.503. The van der Waals surface area contributed by atoms with Crippen LogP contribution in [0.5, 0.6) is 0 Å². The highest BCUT2D eigenvalue weighted by molar-refractivity contribution is 9.10. The third-order valence-electron chi connectivity index (χ3n) is 3.94. The van der Waals surface area contributed by atoms with E-state index in [2.05, 4.69) is 58.5 Å². The highest BCUT2D eigenvalue weighted by Crippen LogP contribution is 2.26. The Morgan fingerprint density at radius 1 is 1.24 bits per heavy atom. The fourth-order valence-electron chi connectivity index (χ4n) is 2.81. The Kier molecular flexibility index (Phi) is 7.91. The summed E-state index contributed by atoms with van der Waals surface area (Å²) in [5.41, 5.74) is 1.64. The minimum Gasteiger partial charge on any atom is -0.310 e. The van der Waals surface area contributed by atoms with Crippen molar-refractivity contribution in [3.8, 4) is 0 Å². The van der Waals surface area contributed by atoms with Crippen molar-refractivity contribution >= 4 is 27.7 Å². The average Bonchev–Trinajstić information content (AvgIpc) is 2.44. The SMILES string of the molecule is CCNC(CSc1cccc(Br)c1)/C1=C/CCCCCC1. The van der Waals surface area contributed by atoms with Crippen molar-refractivity contribution in [3.63, 3.8) is 0 Å². The molecule has 21 heavy (non-hydrogen) atoms. The minimum absolute atomic E-state index is 0.525. The summed E-state index contributed by atoms with van der Waals surface area (Å²) in [5.74, 6) is 1.12. The van der Waals surface area contributed by atoms with Crippen LogP contribution in [-0.2, 0) is 0 Å². The number of hydrogen-bond donors (Lipinski definition) is 1. The number of likely N-dealkylation sites (N-methyl/N-ethyl adjacent to an activating group) is 1. The van der Waals surface area contributed by atoms with Gasteiger partial charge in [0.1, 0.15) is 0 Å². The van der Waals surface area contributed by atoms with E-state index in [1.165, 1.54) is 43.4 Å². The number of benzene rings is 1. The first-order valence-electron chi connectivity index (χ1n) is 8.10. The van der Waals surface area contributed by atoms with Gasteiger partial charge in [-0.2, -0.15) is 0 Å². The molecule has 0 aliphatic heterocycles. The van der Waals surface area contributed by atoms with Crippen LogP contribution in [0.2, 0.25) is 0 Å². The van der Waals surface area contributed by atoms with Crippen LogP contribution < -0.4 is 5.32 Å². The van der Waals surface area contributed by atoms with Gasteiger partial charge in [0, 0.05) is 21.2 Å². The lowest BCUT2D eigenvalue weighted by molar-refractivity contribution is 0.566. The predicted octanol–water partition coefficient (Wildman–Crippen LogP) is 5.80. The molecule has 0 aromatic heterocycles. The smallest absolute Gasteiger partial charge is 0.0374 e. The Morgan fingerprint density at radius 2 is 2.10 bits per heavy atom. The van der Waals surface area contributed by atoms with E-state index in [0.717, 1.165) is 16.8 Å².